The number of rotatable bonds is 5. The van der Waals surface area contributed by atoms with Crippen LogP contribution >= 0.6 is 0 Å². The zero-order valence-electron chi connectivity index (χ0n) is 16.8. The number of hydrogen-bond acceptors (Lipinski definition) is 10. The van der Waals surface area contributed by atoms with Crippen molar-refractivity contribution in [3.8, 4) is 0 Å². The number of carbonyl (C=O) groups is 5. The van der Waals surface area contributed by atoms with Crippen LogP contribution in [-0.2, 0) is 0 Å². The van der Waals surface area contributed by atoms with Gasteiger partial charge in [-0.25, -0.2) is 0 Å². The van der Waals surface area contributed by atoms with Gasteiger partial charge in [0, 0.05) is 27.6 Å². The van der Waals surface area contributed by atoms with Gasteiger partial charge in [0.2, 0.25) is 0 Å². The fourth-order valence-corrected chi connectivity index (χ4v) is 2.38. The first-order valence-electron chi connectivity index (χ1n) is 6.27. The van der Waals surface area contributed by atoms with Gasteiger partial charge in [0.15, 0.2) is 0 Å². The topological polar surface area (TPSA) is 201 Å². The number of carboxylic acids is 5. The van der Waals surface area contributed by atoms with Crippen LogP contribution in [0.5, 0.6) is 0 Å². The first-order chi connectivity index (χ1) is 11.6. The average molecular weight is 458 g/mol. The third-order valence-electron chi connectivity index (χ3n) is 3.33. The van der Waals surface area contributed by atoms with Crippen molar-refractivity contribution in [2.45, 2.75) is 0 Å². The van der Waals surface area contributed by atoms with Crippen molar-refractivity contribution in [3.05, 3.63) is 46.0 Å². The number of hydrogen-bond donors (Lipinski definition) is 0. The van der Waals surface area contributed by atoms with Crippen LogP contribution in [0.15, 0.2) is 18.2 Å². The first-order valence-corrected chi connectivity index (χ1v) is 6.27. The minimum atomic E-state index is -2.13. The van der Waals surface area contributed by atoms with E-state index in [-0.39, 0.29) is 148 Å². The fraction of sp³-hybridized carbons (Fsp3) is 0. The van der Waals surface area contributed by atoms with E-state index >= 15 is 0 Å². The van der Waals surface area contributed by atoms with Gasteiger partial charge >= 0.3 is 148 Å². The molecule has 128 valence electrons. The molecule has 0 saturated heterocycles. The molecule has 0 aliphatic heterocycles. The SMILES string of the molecule is O=C([O-])c1cc(C(=O)[O-])c2c(C(=O)[O-])cc(C(=O)[O-])c(C(=O)[O-])c2c1.[Na+].[Na+].[Na+].[Na+].[Na+]. The molecule has 0 atom stereocenters. The summed E-state index contributed by atoms with van der Waals surface area (Å²) in [5.41, 5.74) is -5.20. The fourth-order valence-electron chi connectivity index (χ4n) is 2.38. The smallest absolute Gasteiger partial charge is 0.545 e. The van der Waals surface area contributed by atoms with E-state index < -0.39 is 68.4 Å². The van der Waals surface area contributed by atoms with Gasteiger partial charge in [-0.2, -0.15) is 0 Å². The number of fused-ring (bicyclic) bond motifs is 1. The van der Waals surface area contributed by atoms with Crippen molar-refractivity contribution in [3.63, 3.8) is 0 Å². The molecular weight excluding hydrogens is 455 g/mol. The summed E-state index contributed by atoms with van der Waals surface area (Å²) in [4.78, 5) is 55.9. The summed E-state index contributed by atoms with van der Waals surface area (Å²) in [5.74, 6) is -10.3. The van der Waals surface area contributed by atoms with E-state index in [4.69, 9.17) is 0 Å². The maximum atomic E-state index is 11.3. The summed E-state index contributed by atoms with van der Waals surface area (Å²) in [6, 6.07) is 1.35. The van der Waals surface area contributed by atoms with Crippen molar-refractivity contribution < 1.29 is 197 Å². The molecule has 0 aromatic heterocycles. The number of aromatic carboxylic acids is 5. The van der Waals surface area contributed by atoms with Crippen molar-refractivity contribution >= 4 is 40.6 Å². The van der Waals surface area contributed by atoms with Crippen LogP contribution in [0, 0.1) is 0 Å². The van der Waals surface area contributed by atoms with Crippen LogP contribution in [0.2, 0.25) is 0 Å². The van der Waals surface area contributed by atoms with Gasteiger partial charge in [-0.15, -0.1) is 0 Å². The van der Waals surface area contributed by atoms with Gasteiger partial charge in [-0.3, -0.25) is 0 Å². The number of benzene rings is 2. The largest absolute Gasteiger partial charge is 1.00 e. The molecular formula is C15H3Na5O10. The second-order valence-electron chi connectivity index (χ2n) is 4.73. The van der Waals surface area contributed by atoms with Crippen molar-refractivity contribution in [1.82, 2.24) is 0 Å². The monoisotopic (exact) mass is 458 g/mol. The van der Waals surface area contributed by atoms with Crippen LogP contribution in [0.1, 0.15) is 51.8 Å². The number of carboxylic acid groups (broad SMARTS) is 5. The Morgan fingerprint density at radius 3 is 1.23 bits per heavy atom. The van der Waals surface area contributed by atoms with Crippen LogP contribution in [0.25, 0.3) is 10.8 Å². The zero-order valence-corrected chi connectivity index (χ0v) is 26.8. The molecule has 0 radical (unpaired) electrons. The Labute approximate surface area is 279 Å². The third-order valence-corrected chi connectivity index (χ3v) is 3.33. The molecule has 0 heterocycles. The van der Waals surface area contributed by atoms with E-state index in [1.807, 2.05) is 0 Å². The summed E-state index contributed by atoms with van der Waals surface area (Å²) >= 11 is 0. The van der Waals surface area contributed by atoms with Crippen molar-refractivity contribution in [2.75, 3.05) is 0 Å². The Balaban J connectivity index is -0.000000676. The van der Waals surface area contributed by atoms with Crippen molar-refractivity contribution in [2.24, 2.45) is 0 Å². The molecule has 0 saturated carbocycles. The molecule has 2 aromatic carbocycles. The van der Waals surface area contributed by atoms with Crippen LogP contribution in [0.3, 0.4) is 0 Å². The molecule has 0 fully saturated rings. The van der Waals surface area contributed by atoms with E-state index in [1.165, 1.54) is 0 Å². The standard InChI is InChI=1S/C15H8O10.5Na/c16-11(17)4-1-5-9(6(2-4)12(18)19)7(13(20)21)3-8(14(22)23)10(5)15(24)25;;;;;/h1-3H,(H,16,17)(H,18,19)(H,20,21)(H,22,23)(H,24,25);;;;;/q;5*+1/p-5. The Bertz CT molecular complexity index is 985. The third kappa shape index (κ3) is 8.12. The summed E-state index contributed by atoms with van der Waals surface area (Å²) in [6.45, 7) is 0. The molecule has 15 heteroatoms. The zero-order chi connectivity index (χ0) is 19.0. The molecule has 30 heavy (non-hydrogen) atoms. The van der Waals surface area contributed by atoms with Crippen molar-refractivity contribution in [1.29, 1.82) is 0 Å². The maximum absolute atomic E-state index is 11.3. The molecule has 2 rings (SSSR count). The van der Waals surface area contributed by atoms with Gasteiger partial charge in [-0.1, -0.05) is 0 Å². The van der Waals surface area contributed by atoms with E-state index in [9.17, 15) is 49.5 Å². The second kappa shape index (κ2) is 15.8. The van der Waals surface area contributed by atoms with Gasteiger partial charge in [0.05, 0.1) is 29.8 Å². The Morgan fingerprint density at radius 2 is 0.900 bits per heavy atom. The molecule has 0 spiro atoms. The minimum absolute atomic E-state index is 0. The summed E-state index contributed by atoms with van der Waals surface area (Å²) in [5, 5.41) is 54.2. The van der Waals surface area contributed by atoms with Gasteiger partial charge in [0.1, 0.15) is 0 Å². The van der Waals surface area contributed by atoms with Gasteiger partial charge in [0.25, 0.3) is 0 Å². The average Bonchev–Trinajstić information content (AvgIpc) is 2.50. The molecule has 10 nitrogen and oxygen atoms in total. The molecule has 0 aliphatic carbocycles. The Hall–Kier alpha value is 1.05. The van der Waals surface area contributed by atoms with E-state index in [1.54, 1.807) is 0 Å². The molecule has 2 aromatic rings. The van der Waals surface area contributed by atoms with Crippen LogP contribution < -0.4 is 173 Å². The van der Waals surface area contributed by atoms with E-state index in [0.717, 1.165) is 0 Å². The second-order valence-corrected chi connectivity index (χ2v) is 4.73. The summed E-state index contributed by atoms with van der Waals surface area (Å²) < 4.78 is 0. The van der Waals surface area contributed by atoms with Gasteiger partial charge < -0.3 is 49.5 Å². The van der Waals surface area contributed by atoms with Crippen LogP contribution in [0.4, 0.5) is 0 Å². The van der Waals surface area contributed by atoms with Gasteiger partial charge in [-0.05, 0) is 29.1 Å². The molecule has 0 aliphatic rings. The van der Waals surface area contributed by atoms with E-state index in [2.05, 4.69) is 0 Å². The predicted molar refractivity (Wildman–Crippen MR) is 65.6 cm³/mol. The normalized spacial score (nSPS) is 8.67. The first kappa shape index (κ1) is 38.3. The Morgan fingerprint density at radius 1 is 0.500 bits per heavy atom. The van der Waals surface area contributed by atoms with E-state index in [0.29, 0.717) is 18.2 Å². The molecule has 0 bridgehead atoms. The number of carbonyl (C=O) groups excluding carboxylic acids is 5. The minimum Gasteiger partial charge on any atom is -0.545 e. The quantitative estimate of drug-likeness (QED) is 0.387. The predicted octanol–water partition coefficient (Wildman–Crippen LogP) is -20.3. The summed E-state index contributed by atoms with van der Waals surface area (Å²) in [6.07, 6.45) is 0. The molecule has 0 amide bonds. The molecule has 0 unspecified atom stereocenters. The maximum Gasteiger partial charge on any atom is 1.00 e. The molecule has 0 N–H and O–H groups in total. The summed E-state index contributed by atoms with van der Waals surface area (Å²) in [7, 11) is 0. The van der Waals surface area contributed by atoms with Crippen LogP contribution in [-0.4, -0.2) is 29.8 Å². The Kier molecular flexibility index (Phi) is 20.2.